The molecule has 6 nitrogen and oxygen atoms in total. The van der Waals surface area contributed by atoms with Gasteiger partial charge < -0.3 is 23.5 Å². The van der Waals surface area contributed by atoms with E-state index in [1.54, 1.807) is 0 Å². The normalized spacial score (nSPS) is 12.6. The summed E-state index contributed by atoms with van der Waals surface area (Å²) in [7, 11) is 5.83. The van der Waals surface area contributed by atoms with Gasteiger partial charge in [-0.1, -0.05) is 51.9 Å². The van der Waals surface area contributed by atoms with E-state index in [4.69, 9.17) is 9.15 Å². The fourth-order valence-corrected chi connectivity index (χ4v) is 4.36. The molecule has 196 valence electrons. The Labute approximate surface area is 207 Å². The lowest BCUT2D eigenvalue weighted by Gasteiger charge is -2.29. The van der Waals surface area contributed by atoms with E-state index in [0.717, 1.165) is 38.5 Å². The van der Waals surface area contributed by atoms with Crippen LogP contribution in [0.2, 0.25) is 0 Å². The first-order valence-corrected chi connectivity index (χ1v) is 13.3. The predicted molar refractivity (Wildman–Crippen MR) is 134 cm³/mol. The molecule has 0 aliphatic heterocycles. The third-order valence-electron chi connectivity index (χ3n) is 6.38. The van der Waals surface area contributed by atoms with Gasteiger partial charge in [-0.2, -0.15) is 0 Å². The van der Waals surface area contributed by atoms with Crippen LogP contribution in [0, 0.1) is 13.8 Å². The van der Waals surface area contributed by atoms with Crippen molar-refractivity contribution in [2.24, 2.45) is 0 Å². The average molecular weight is 480 g/mol. The van der Waals surface area contributed by atoms with Crippen molar-refractivity contribution in [1.82, 2.24) is 0 Å². The van der Waals surface area contributed by atoms with Crippen molar-refractivity contribution in [3.05, 3.63) is 22.6 Å². The number of unbranched alkanes of at least 4 members (excludes halogenated alkanes) is 8. The van der Waals surface area contributed by atoms with Gasteiger partial charge in [-0.15, -0.1) is 0 Å². The Bertz CT molecular complexity index is 732. The van der Waals surface area contributed by atoms with Crippen molar-refractivity contribution in [1.29, 1.82) is 0 Å². The summed E-state index contributed by atoms with van der Waals surface area (Å²) in [5.41, 5.74) is 2.68. The molecule has 1 aromatic heterocycles. The highest BCUT2D eigenvalue weighted by Crippen LogP contribution is 2.25. The third-order valence-corrected chi connectivity index (χ3v) is 6.38. The van der Waals surface area contributed by atoms with Crippen molar-refractivity contribution in [3.8, 4) is 0 Å². The molecule has 0 aliphatic carbocycles. The summed E-state index contributed by atoms with van der Waals surface area (Å²) in [6, 6.07) is 0. The molecule has 1 unspecified atom stereocenters. The average Bonchev–Trinajstić information content (AvgIpc) is 2.99. The number of quaternary nitrogens is 1. The summed E-state index contributed by atoms with van der Waals surface area (Å²) in [6.07, 6.45) is 12.8. The number of hydrogen-bond donors (Lipinski definition) is 0. The van der Waals surface area contributed by atoms with Crippen molar-refractivity contribution in [2.45, 2.75) is 117 Å². The van der Waals surface area contributed by atoms with E-state index >= 15 is 0 Å². The molecule has 0 spiro atoms. The summed E-state index contributed by atoms with van der Waals surface area (Å²) in [5.74, 6) is 0.863. The van der Waals surface area contributed by atoms with E-state index in [0.29, 0.717) is 17.4 Å². The van der Waals surface area contributed by atoms with Gasteiger partial charge in [0.15, 0.2) is 6.10 Å². The summed E-state index contributed by atoms with van der Waals surface area (Å²) in [4.78, 5) is 23.0. The Morgan fingerprint density at radius 1 is 0.853 bits per heavy atom. The predicted octanol–water partition coefficient (Wildman–Crippen LogP) is 5.05. The molecule has 0 saturated carbocycles. The highest BCUT2D eigenvalue weighted by molar-refractivity contribution is 5.70. The number of ether oxygens (including phenoxy) is 1. The lowest BCUT2D eigenvalue weighted by molar-refractivity contribution is -0.873. The first-order chi connectivity index (χ1) is 16.0. The number of nitrogens with zero attached hydrogens (tertiary/aromatic N) is 1. The lowest BCUT2D eigenvalue weighted by atomic mass is 10.0. The minimum Gasteiger partial charge on any atom is -0.550 e. The van der Waals surface area contributed by atoms with E-state index in [1.165, 1.54) is 61.2 Å². The largest absolute Gasteiger partial charge is 0.550 e. The first-order valence-electron chi connectivity index (χ1n) is 13.3. The van der Waals surface area contributed by atoms with Gasteiger partial charge in [-0.25, -0.2) is 0 Å². The molecule has 0 fully saturated rings. The van der Waals surface area contributed by atoms with Crippen LogP contribution in [-0.4, -0.2) is 50.2 Å². The number of carboxylic acid groups (broad SMARTS) is 1. The zero-order valence-electron chi connectivity index (χ0n) is 22.7. The Hall–Kier alpha value is -1.82. The number of esters is 1. The molecule has 0 amide bonds. The van der Waals surface area contributed by atoms with Gasteiger partial charge in [0.25, 0.3) is 0 Å². The molecule has 0 radical (unpaired) electrons. The zero-order chi connectivity index (χ0) is 25.6. The van der Waals surface area contributed by atoms with Crippen LogP contribution >= 0.6 is 0 Å². The summed E-state index contributed by atoms with van der Waals surface area (Å²) in [6.45, 7) is 7.06. The number of carbonyl (C=O) groups excluding carboxylic acids is 2. The molecule has 0 aliphatic rings. The van der Waals surface area contributed by atoms with E-state index in [1.807, 2.05) is 21.1 Å². The van der Waals surface area contributed by atoms with Crippen LogP contribution in [0.15, 0.2) is 4.42 Å². The van der Waals surface area contributed by atoms with E-state index in [9.17, 15) is 14.7 Å². The number of likely N-dealkylation sites (N-methyl/N-ethyl adjacent to an activating group) is 1. The van der Waals surface area contributed by atoms with Gasteiger partial charge >= 0.3 is 5.97 Å². The Kier molecular flexibility index (Phi) is 14.2. The van der Waals surface area contributed by atoms with Gasteiger partial charge in [-0.3, -0.25) is 4.79 Å². The summed E-state index contributed by atoms with van der Waals surface area (Å²) < 4.78 is 12.1. The number of carbonyl (C=O) groups is 2. The molecule has 1 aromatic rings. The second-order valence-corrected chi connectivity index (χ2v) is 10.8. The maximum Gasteiger partial charge on any atom is 0.306 e. The van der Waals surface area contributed by atoms with Gasteiger partial charge in [0.05, 0.1) is 21.1 Å². The van der Waals surface area contributed by atoms with Crippen LogP contribution in [0.4, 0.5) is 0 Å². The number of hydrogen-bond acceptors (Lipinski definition) is 5. The molecule has 34 heavy (non-hydrogen) atoms. The molecule has 0 aromatic carbocycles. The molecule has 0 N–H and O–H groups in total. The maximum atomic E-state index is 12.1. The van der Waals surface area contributed by atoms with Crippen LogP contribution in [0.3, 0.4) is 0 Å². The minimum atomic E-state index is -1.18. The molecule has 0 bridgehead atoms. The van der Waals surface area contributed by atoms with Gasteiger partial charge in [0.2, 0.25) is 0 Å². The summed E-state index contributed by atoms with van der Waals surface area (Å²) in [5, 5.41) is 10.9. The van der Waals surface area contributed by atoms with Crippen molar-refractivity contribution < 1.29 is 28.3 Å². The topological polar surface area (TPSA) is 79.6 Å². The smallest absolute Gasteiger partial charge is 0.306 e. The minimum absolute atomic E-state index is 0.251. The SMILES string of the molecule is CCCCCc1oc(CCCCCCCCCC(=O)OC(CC(=O)[O-])C[N+](C)(C)C)c(C)c1C. The first kappa shape index (κ1) is 30.2. The number of aliphatic carboxylic acids is 1. The second-order valence-electron chi connectivity index (χ2n) is 10.8. The van der Waals surface area contributed by atoms with E-state index in [2.05, 4.69) is 20.8 Å². The maximum absolute atomic E-state index is 12.1. The molecule has 1 atom stereocenters. The molecule has 0 saturated heterocycles. The van der Waals surface area contributed by atoms with Crippen LogP contribution in [-0.2, 0) is 27.2 Å². The van der Waals surface area contributed by atoms with Gasteiger partial charge in [0, 0.05) is 31.7 Å². The van der Waals surface area contributed by atoms with E-state index < -0.39 is 12.1 Å². The van der Waals surface area contributed by atoms with Crippen LogP contribution in [0.5, 0.6) is 0 Å². The lowest BCUT2D eigenvalue weighted by Crippen LogP contribution is -2.45. The molecule has 6 heteroatoms. The quantitative estimate of drug-likeness (QED) is 0.158. The van der Waals surface area contributed by atoms with Gasteiger partial charge in [0.1, 0.15) is 18.1 Å². The molecular weight excluding hydrogens is 430 g/mol. The van der Waals surface area contributed by atoms with Crippen LogP contribution < -0.4 is 5.11 Å². The second kappa shape index (κ2) is 16.0. The highest BCUT2D eigenvalue weighted by Gasteiger charge is 2.22. The Morgan fingerprint density at radius 2 is 1.35 bits per heavy atom. The highest BCUT2D eigenvalue weighted by atomic mass is 16.5. The van der Waals surface area contributed by atoms with Crippen molar-refractivity contribution in [3.63, 3.8) is 0 Å². The number of carboxylic acids is 1. The number of rotatable bonds is 19. The van der Waals surface area contributed by atoms with Crippen molar-refractivity contribution in [2.75, 3.05) is 27.7 Å². The summed E-state index contributed by atoms with van der Waals surface area (Å²) >= 11 is 0. The monoisotopic (exact) mass is 479 g/mol. The third kappa shape index (κ3) is 13.2. The molecule has 1 rings (SSSR count). The zero-order valence-corrected chi connectivity index (χ0v) is 22.7. The fourth-order valence-electron chi connectivity index (χ4n) is 4.36. The van der Waals surface area contributed by atoms with Crippen LogP contribution in [0.25, 0.3) is 0 Å². The van der Waals surface area contributed by atoms with Gasteiger partial charge in [-0.05, 0) is 44.2 Å². The molecular formula is C28H49NO5. The number of furan rings is 1. The Balaban J connectivity index is 2.16. The van der Waals surface area contributed by atoms with Crippen molar-refractivity contribution >= 4 is 11.9 Å². The standard InChI is InChI=1S/C28H49NO5/c1-7-8-14-17-25-22(2)23(3)26(34-25)18-15-12-10-9-11-13-16-19-28(32)33-24(20-27(30)31)21-29(4,5)6/h24H,7-21H2,1-6H3. The Morgan fingerprint density at radius 3 is 1.85 bits per heavy atom. The van der Waals surface area contributed by atoms with Crippen LogP contribution in [0.1, 0.15) is 107 Å². The number of aryl methyl sites for hydroxylation is 2. The van der Waals surface area contributed by atoms with E-state index in [-0.39, 0.29) is 12.4 Å². The molecule has 1 heterocycles. The fraction of sp³-hybridized carbons (Fsp3) is 0.786.